The molecule has 0 atom stereocenters. The fraction of sp³-hybridized carbons (Fsp3) is 0.231. The van der Waals surface area contributed by atoms with Crippen molar-refractivity contribution in [2.75, 3.05) is 6.61 Å². The third kappa shape index (κ3) is 1.53. The molecule has 0 N–H and O–H groups in total. The Hall–Kier alpha value is -2.10. The predicted molar refractivity (Wildman–Crippen MR) is 62.3 cm³/mol. The van der Waals surface area contributed by atoms with Crippen molar-refractivity contribution in [2.45, 2.75) is 13.3 Å². The highest BCUT2D eigenvalue weighted by Gasteiger charge is 2.22. The molecule has 1 aromatic heterocycles. The summed E-state index contributed by atoms with van der Waals surface area (Å²) in [5, 5.41) is 4.29. The van der Waals surface area contributed by atoms with Gasteiger partial charge >= 0.3 is 5.97 Å². The minimum atomic E-state index is -0.355. The van der Waals surface area contributed by atoms with Gasteiger partial charge in [-0.1, -0.05) is 18.2 Å². The van der Waals surface area contributed by atoms with Gasteiger partial charge in [0.05, 0.1) is 12.3 Å². The molecule has 0 saturated heterocycles. The van der Waals surface area contributed by atoms with Crippen LogP contribution in [-0.4, -0.2) is 22.4 Å². The lowest BCUT2D eigenvalue weighted by Gasteiger charge is -2.00. The summed E-state index contributed by atoms with van der Waals surface area (Å²) in [5.74, 6) is -0.355. The summed E-state index contributed by atoms with van der Waals surface area (Å²) in [6, 6.07) is 9.87. The molecule has 4 nitrogen and oxygen atoms in total. The fourth-order valence-electron chi connectivity index (χ4n) is 2.12. The van der Waals surface area contributed by atoms with Crippen molar-refractivity contribution in [3.8, 4) is 5.69 Å². The van der Waals surface area contributed by atoms with Crippen LogP contribution in [0.3, 0.4) is 0 Å². The van der Waals surface area contributed by atoms with Crippen molar-refractivity contribution in [1.29, 1.82) is 0 Å². The summed E-state index contributed by atoms with van der Waals surface area (Å²) < 4.78 is 6.76. The van der Waals surface area contributed by atoms with Gasteiger partial charge in [0.15, 0.2) is 5.69 Å². The molecule has 2 aromatic rings. The normalized spacial score (nSPS) is 12.1. The Kier molecular flexibility index (Phi) is 2.21. The molecule has 1 aliphatic rings. The molecule has 17 heavy (non-hydrogen) atoms. The Morgan fingerprint density at radius 2 is 2.29 bits per heavy atom. The van der Waals surface area contributed by atoms with Crippen LogP contribution in [0.25, 0.3) is 5.69 Å². The van der Waals surface area contributed by atoms with Crippen molar-refractivity contribution >= 4 is 5.97 Å². The number of carbonyl (C=O) groups is 1. The van der Waals surface area contributed by atoms with E-state index in [0.29, 0.717) is 12.3 Å². The number of para-hydroxylation sites is 1. The molecule has 0 amide bonds. The summed E-state index contributed by atoms with van der Waals surface area (Å²) >= 11 is 0. The van der Waals surface area contributed by atoms with Crippen LogP contribution in [0.15, 0.2) is 30.3 Å². The molecule has 1 aliphatic heterocycles. The summed E-state index contributed by atoms with van der Waals surface area (Å²) in [6.07, 6.45) is 0.822. The molecule has 0 fully saturated rings. The molecule has 0 aliphatic carbocycles. The van der Waals surface area contributed by atoms with E-state index in [-0.39, 0.29) is 5.97 Å². The van der Waals surface area contributed by atoms with E-state index in [9.17, 15) is 4.79 Å². The standard InChI is InChI=1S/C13H12N2O2/c1-2-17-13(16)11-8-10-7-9-5-3-4-6-12(9)15(10)14-11/h3-6,8H,2,7H2,1H3. The maximum atomic E-state index is 11.6. The highest BCUT2D eigenvalue weighted by atomic mass is 16.5. The van der Waals surface area contributed by atoms with Gasteiger partial charge in [0.1, 0.15) is 0 Å². The number of rotatable bonds is 2. The van der Waals surface area contributed by atoms with Crippen LogP contribution in [0.1, 0.15) is 28.7 Å². The van der Waals surface area contributed by atoms with Crippen molar-refractivity contribution in [3.05, 3.63) is 47.3 Å². The third-order valence-electron chi connectivity index (χ3n) is 2.86. The van der Waals surface area contributed by atoms with Gasteiger partial charge in [-0.05, 0) is 24.6 Å². The van der Waals surface area contributed by atoms with E-state index >= 15 is 0 Å². The Labute approximate surface area is 98.8 Å². The topological polar surface area (TPSA) is 44.1 Å². The Balaban J connectivity index is 2.01. The molecule has 0 saturated carbocycles. The summed E-state index contributed by atoms with van der Waals surface area (Å²) in [4.78, 5) is 11.6. The molecule has 0 bridgehead atoms. The number of carbonyl (C=O) groups excluding carboxylic acids is 1. The number of esters is 1. The summed E-state index contributed by atoms with van der Waals surface area (Å²) in [5.41, 5.74) is 3.72. The number of hydrogen-bond acceptors (Lipinski definition) is 3. The Morgan fingerprint density at radius 3 is 3.12 bits per heavy atom. The first-order chi connectivity index (χ1) is 8.29. The summed E-state index contributed by atoms with van der Waals surface area (Å²) in [7, 11) is 0. The minimum Gasteiger partial charge on any atom is -0.461 e. The number of benzene rings is 1. The van der Waals surface area contributed by atoms with Gasteiger partial charge in [0.2, 0.25) is 0 Å². The van der Waals surface area contributed by atoms with Gasteiger partial charge in [-0.2, -0.15) is 5.10 Å². The molecule has 3 rings (SSSR count). The van der Waals surface area contributed by atoms with E-state index in [1.54, 1.807) is 13.0 Å². The molecule has 4 heteroatoms. The molecule has 1 aromatic carbocycles. The largest absolute Gasteiger partial charge is 0.461 e. The van der Waals surface area contributed by atoms with Crippen molar-refractivity contribution in [2.24, 2.45) is 0 Å². The average molecular weight is 228 g/mol. The van der Waals surface area contributed by atoms with Crippen LogP contribution in [0.4, 0.5) is 0 Å². The second-order valence-corrected chi connectivity index (χ2v) is 3.96. The number of nitrogens with zero attached hydrogens (tertiary/aromatic N) is 2. The van der Waals surface area contributed by atoms with Crippen LogP contribution in [0.2, 0.25) is 0 Å². The quantitative estimate of drug-likeness (QED) is 0.630. The lowest BCUT2D eigenvalue weighted by Crippen LogP contribution is -2.06. The maximum Gasteiger partial charge on any atom is 0.358 e. The van der Waals surface area contributed by atoms with Crippen LogP contribution in [0, 0.1) is 0 Å². The lowest BCUT2D eigenvalue weighted by atomic mass is 10.1. The molecule has 0 unspecified atom stereocenters. The Morgan fingerprint density at radius 1 is 1.47 bits per heavy atom. The van der Waals surface area contributed by atoms with E-state index in [2.05, 4.69) is 11.2 Å². The van der Waals surface area contributed by atoms with Gasteiger partial charge in [-0.25, -0.2) is 9.48 Å². The maximum absolute atomic E-state index is 11.6. The van der Waals surface area contributed by atoms with Gasteiger partial charge in [-0.3, -0.25) is 0 Å². The van der Waals surface area contributed by atoms with E-state index in [4.69, 9.17) is 4.74 Å². The summed E-state index contributed by atoms with van der Waals surface area (Å²) in [6.45, 7) is 2.16. The lowest BCUT2D eigenvalue weighted by molar-refractivity contribution is 0.0519. The van der Waals surface area contributed by atoms with Gasteiger partial charge in [-0.15, -0.1) is 0 Å². The van der Waals surface area contributed by atoms with E-state index in [0.717, 1.165) is 17.8 Å². The third-order valence-corrected chi connectivity index (χ3v) is 2.86. The van der Waals surface area contributed by atoms with E-state index in [1.165, 1.54) is 5.56 Å². The van der Waals surface area contributed by atoms with Crippen molar-refractivity contribution < 1.29 is 9.53 Å². The van der Waals surface area contributed by atoms with Crippen LogP contribution >= 0.6 is 0 Å². The van der Waals surface area contributed by atoms with Crippen molar-refractivity contribution in [1.82, 2.24) is 9.78 Å². The van der Waals surface area contributed by atoms with E-state index in [1.807, 2.05) is 22.9 Å². The predicted octanol–water partition coefficient (Wildman–Crippen LogP) is 1.95. The zero-order valence-electron chi connectivity index (χ0n) is 9.51. The fourth-order valence-corrected chi connectivity index (χ4v) is 2.12. The first kappa shape index (κ1) is 10.1. The monoisotopic (exact) mass is 228 g/mol. The SMILES string of the molecule is CCOC(=O)c1cc2n(n1)-c1ccccc1C2. The first-order valence-corrected chi connectivity index (χ1v) is 5.64. The molecule has 86 valence electrons. The van der Waals surface area contributed by atoms with Crippen LogP contribution < -0.4 is 0 Å². The molecule has 0 radical (unpaired) electrons. The highest BCUT2D eigenvalue weighted by molar-refractivity contribution is 5.87. The van der Waals surface area contributed by atoms with Gasteiger partial charge in [0, 0.05) is 12.1 Å². The first-order valence-electron chi connectivity index (χ1n) is 5.64. The molecular weight excluding hydrogens is 216 g/mol. The van der Waals surface area contributed by atoms with Gasteiger partial charge < -0.3 is 4.74 Å². The van der Waals surface area contributed by atoms with Crippen molar-refractivity contribution in [3.63, 3.8) is 0 Å². The van der Waals surface area contributed by atoms with Gasteiger partial charge in [0.25, 0.3) is 0 Å². The zero-order valence-corrected chi connectivity index (χ0v) is 9.51. The molecule has 0 spiro atoms. The zero-order chi connectivity index (χ0) is 11.8. The second-order valence-electron chi connectivity index (χ2n) is 3.96. The number of ether oxygens (including phenoxy) is 1. The molecule has 2 heterocycles. The molecular formula is C13H12N2O2. The number of aromatic nitrogens is 2. The average Bonchev–Trinajstić information content (AvgIpc) is 2.86. The minimum absolute atomic E-state index is 0.355. The number of hydrogen-bond donors (Lipinski definition) is 0. The number of fused-ring (bicyclic) bond motifs is 3. The smallest absolute Gasteiger partial charge is 0.358 e. The highest BCUT2D eigenvalue weighted by Crippen LogP contribution is 2.27. The second kappa shape index (κ2) is 3.73. The Bertz CT molecular complexity index is 587. The van der Waals surface area contributed by atoms with Crippen LogP contribution in [0.5, 0.6) is 0 Å². The van der Waals surface area contributed by atoms with Crippen LogP contribution in [-0.2, 0) is 11.2 Å². The van der Waals surface area contributed by atoms with E-state index < -0.39 is 0 Å².